The Labute approximate surface area is 117 Å². The minimum absolute atomic E-state index is 0.131. The summed E-state index contributed by atoms with van der Waals surface area (Å²) in [6.07, 6.45) is -0.124. The minimum atomic E-state index is -0.971. The second-order valence-electron chi connectivity index (χ2n) is 4.37. The van der Waals surface area contributed by atoms with Crippen LogP contribution in [0.15, 0.2) is 6.07 Å². The number of carboxylic acid groups (broad SMARTS) is 1. The van der Waals surface area contributed by atoms with Gasteiger partial charge >= 0.3 is 5.97 Å². The molecule has 1 atom stereocenters. The zero-order chi connectivity index (χ0) is 15.1. The highest BCUT2D eigenvalue weighted by molar-refractivity contribution is 5.95. The van der Waals surface area contributed by atoms with Crippen LogP contribution in [-0.2, 0) is 16.0 Å². The van der Waals surface area contributed by atoms with E-state index in [0.29, 0.717) is 23.4 Å². The molecular formula is C13H19N3O4. The van der Waals surface area contributed by atoms with Gasteiger partial charge in [0.15, 0.2) is 0 Å². The maximum absolute atomic E-state index is 12.1. The fourth-order valence-corrected chi connectivity index (χ4v) is 1.71. The van der Waals surface area contributed by atoms with Gasteiger partial charge in [0.2, 0.25) is 0 Å². The molecule has 1 unspecified atom stereocenters. The Morgan fingerprint density at radius 3 is 2.70 bits per heavy atom. The molecule has 7 nitrogen and oxygen atoms in total. The molecule has 0 bridgehead atoms. The SMILES string of the molecule is CCc1nnc(C)cc1C(=O)NCC(CC(=O)O)OC. The van der Waals surface area contributed by atoms with Gasteiger partial charge in [0.1, 0.15) is 0 Å². The topological polar surface area (TPSA) is 101 Å². The second kappa shape index (κ2) is 7.54. The smallest absolute Gasteiger partial charge is 0.306 e. The van der Waals surface area contributed by atoms with Crippen LogP contribution in [0.5, 0.6) is 0 Å². The Morgan fingerprint density at radius 1 is 1.45 bits per heavy atom. The number of nitrogens with one attached hydrogen (secondary N) is 1. The van der Waals surface area contributed by atoms with Gasteiger partial charge in [0.05, 0.1) is 29.5 Å². The number of hydrogen-bond donors (Lipinski definition) is 2. The molecule has 0 spiro atoms. The lowest BCUT2D eigenvalue weighted by Gasteiger charge is -2.14. The van der Waals surface area contributed by atoms with Crippen molar-refractivity contribution >= 4 is 11.9 Å². The number of nitrogens with zero attached hydrogens (tertiary/aromatic N) is 2. The largest absolute Gasteiger partial charge is 0.481 e. The molecule has 1 aromatic rings. The number of methoxy groups -OCH3 is 1. The van der Waals surface area contributed by atoms with E-state index in [1.807, 2.05) is 6.92 Å². The highest BCUT2D eigenvalue weighted by atomic mass is 16.5. The number of ether oxygens (including phenoxy) is 1. The molecule has 1 rings (SSSR count). The van der Waals surface area contributed by atoms with E-state index in [1.165, 1.54) is 7.11 Å². The molecule has 2 N–H and O–H groups in total. The molecule has 0 aliphatic rings. The van der Waals surface area contributed by atoms with Crippen molar-refractivity contribution in [2.45, 2.75) is 32.8 Å². The van der Waals surface area contributed by atoms with Crippen LogP contribution >= 0.6 is 0 Å². The average molecular weight is 281 g/mol. The molecule has 0 aromatic carbocycles. The number of amides is 1. The van der Waals surface area contributed by atoms with Crippen molar-refractivity contribution in [1.29, 1.82) is 0 Å². The van der Waals surface area contributed by atoms with Crippen LogP contribution in [0.3, 0.4) is 0 Å². The van der Waals surface area contributed by atoms with Crippen molar-refractivity contribution in [2.24, 2.45) is 0 Å². The molecule has 1 aromatic heterocycles. The second-order valence-corrected chi connectivity index (χ2v) is 4.37. The number of carbonyl (C=O) groups is 2. The first-order valence-electron chi connectivity index (χ1n) is 6.33. The first-order valence-corrected chi connectivity index (χ1v) is 6.33. The quantitative estimate of drug-likeness (QED) is 0.757. The Balaban J connectivity index is 2.71. The van der Waals surface area contributed by atoms with Gasteiger partial charge in [-0.25, -0.2) is 0 Å². The average Bonchev–Trinajstić information content (AvgIpc) is 2.42. The zero-order valence-corrected chi connectivity index (χ0v) is 11.8. The maximum Gasteiger partial charge on any atom is 0.306 e. The molecular weight excluding hydrogens is 262 g/mol. The lowest BCUT2D eigenvalue weighted by molar-refractivity contribution is -0.139. The molecule has 0 fully saturated rings. The van der Waals surface area contributed by atoms with Gasteiger partial charge in [-0.05, 0) is 19.4 Å². The van der Waals surface area contributed by atoms with E-state index >= 15 is 0 Å². The first-order chi connectivity index (χ1) is 9.47. The van der Waals surface area contributed by atoms with E-state index < -0.39 is 12.1 Å². The van der Waals surface area contributed by atoms with Crippen molar-refractivity contribution < 1.29 is 19.4 Å². The Kier molecular flexibility index (Phi) is 6.05. The van der Waals surface area contributed by atoms with Crippen molar-refractivity contribution in [3.05, 3.63) is 23.0 Å². The third-order valence-corrected chi connectivity index (χ3v) is 2.80. The number of carboxylic acids is 1. The fraction of sp³-hybridized carbons (Fsp3) is 0.538. The zero-order valence-electron chi connectivity index (χ0n) is 11.8. The lowest BCUT2D eigenvalue weighted by Crippen LogP contribution is -2.35. The summed E-state index contributed by atoms with van der Waals surface area (Å²) in [7, 11) is 1.41. The molecule has 0 aliphatic carbocycles. The maximum atomic E-state index is 12.1. The van der Waals surface area contributed by atoms with Gasteiger partial charge in [-0.2, -0.15) is 10.2 Å². The van der Waals surface area contributed by atoms with Gasteiger partial charge < -0.3 is 15.2 Å². The number of aromatic nitrogens is 2. The van der Waals surface area contributed by atoms with E-state index in [0.717, 1.165) is 0 Å². The van der Waals surface area contributed by atoms with E-state index in [2.05, 4.69) is 15.5 Å². The van der Waals surface area contributed by atoms with Crippen molar-refractivity contribution in [3.8, 4) is 0 Å². The van der Waals surface area contributed by atoms with E-state index in [-0.39, 0.29) is 18.9 Å². The molecule has 1 amide bonds. The molecule has 1 heterocycles. The highest BCUT2D eigenvalue weighted by Crippen LogP contribution is 2.07. The molecule has 0 aliphatic heterocycles. The van der Waals surface area contributed by atoms with Crippen LogP contribution in [0.4, 0.5) is 0 Å². The van der Waals surface area contributed by atoms with Crippen LogP contribution in [-0.4, -0.2) is 46.9 Å². The summed E-state index contributed by atoms with van der Waals surface area (Å²) in [4.78, 5) is 22.7. The molecule has 0 saturated heterocycles. The molecule has 110 valence electrons. The standard InChI is InChI=1S/C13H19N3O4/c1-4-11-10(5-8(2)15-16-11)13(19)14-7-9(20-3)6-12(17)18/h5,9H,4,6-7H2,1-3H3,(H,14,19)(H,17,18). The normalized spacial score (nSPS) is 11.9. The van der Waals surface area contributed by atoms with Crippen molar-refractivity contribution in [2.75, 3.05) is 13.7 Å². The molecule has 7 heteroatoms. The van der Waals surface area contributed by atoms with Crippen LogP contribution in [0, 0.1) is 6.92 Å². The summed E-state index contributed by atoms with van der Waals surface area (Å²) in [5.74, 6) is -1.27. The Hall–Kier alpha value is -2.02. The number of aryl methyl sites for hydroxylation is 2. The molecule has 0 radical (unpaired) electrons. The Morgan fingerprint density at radius 2 is 2.15 bits per heavy atom. The van der Waals surface area contributed by atoms with Gasteiger partial charge in [-0.3, -0.25) is 9.59 Å². The van der Waals surface area contributed by atoms with Gasteiger partial charge in [0.25, 0.3) is 5.91 Å². The van der Waals surface area contributed by atoms with Crippen LogP contribution in [0.2, 0.25) is 0 Å². The van der Waals surface area contributed by atoms with Crippen LogP contribution in [0.1, 0.15) is 35.1 Å². The number of rotatable bonds is 7. The third kappa shape index (κ3) is 4.58. The summed E-state index contributed by atoms with van der Waals surface area (Å²) in [5.41, 5.74) is 1.73. The monoisotopic (exact) mass is 281 g/mol. The van der Waals surface area contributed by atoms with Crippen LogP contribution < -0.4 is 5.32 Å². The summed E-state index contributed by atoms with van der Waals surface area (Å²) >= 11 is 0. The third-order valence-electron chi connectivity index (χ3n) is 2.80. The first kappa shape index (κ1) is 16.0. The van der Waals surface area contributed by atoms with Crippen molar-refractivity contribution in [3.63, 3.8) is 0 Å². The van der Waals surface area contributed by atoms with E-state index in [9.17, 15) is 9.59 Å². The predicted octanol–water partition coefficient (Wildman–Crippen LogP) is 0.567. The number of hydrogen-bond acceptors (Lipinski definition) is 5. The lowest BCUT2D eigenvalue weighted by atomic mass is 10.1. The minimum Gasteiger partial charge on any atom is -0.481 e. The summed E-state index contributed by atoms with van der Waals surface area (Å²) in [6, 6.07) is 1.67. The summed E-state index contributed by atoms with van der Waals surface area (Å²) in [6.45, 7) is 3.77. The van der Waals surface area contributed by atoms with Gasteiger partial charge in [-0.1, -0.05) is 6.92 Å². The summed E-state index contributed by atoms with van der Waals surface area (Å²) in [5, 5.41) is 19.3. The van der Waals surface area contributed by atoms with Gasteiger partial charge in [-0.15, -0.1) is 0 Å². The highest BCUT2D eigenvalue weighted by Gasteiger charge is 2.16. The van der Waals surface area contributed by atoms with E-state index in [1.54, 1.807) is 13.0 Å². The van der Waals surface area contributed by atoms with Crippen molar-refractivity contribution in [1.82, 2.24) is 15.5 Å². The van der Waals surface area contributed by atoms with Crippen LogP contribution in [0.25, 0.3) is 0 Å². The predicted molar refractivity (Wildman–Crippen MR) is 71.5 cm³/mol. The molecule has 0 saturated carbocycles. The number of aliphatic carboxylic acids is 1. The summed E-state index contributed by atoms with van der Waals surface area (Å²) < 4.78 is 5.00. The Bertz CT molecular complexity index is 491. The number of carbonyl (C=O) groups excluding carboxylic acids is 1. The van der Waals surface area contributed by atoms with Gasteiger partial charge in [0, 0.05) is 13.7 Å². The van der Waals surface area contributed by atoms with E-state index in [4.69, 9.17) is 9.84 Å². The fourth-order valence-electron chi connectivity index (χ4n) is 1.71. The molecule has 20 heavy (non-hydrogen) atoms.